The van der Waals surface area contributed by atoms with Gasteiger partial charge in [0.05, 0.1) is 12.9 Å². The largest absolute Gasteiger partial charge is 0.497 e. The Balaban J connectivity index is 2.20. The second-order valence-corrected chi connectivity index (χ2v) is 8.37. The standard InChI is InChI=1S/C18H25N3O2S/c1-18(2,3)24-12-15(22)20-16(17-19-10-11-21(17)4)13-6-8-14(23-5)9-7-13/h6-11,16H,12H2,1-5H3,(H,20,22). The quantitative estimate of drug-likeness (QED) is 0.872. The molecule has 2 rings (SSSR count). The van der Waals surface area contributed by atoms with Crippen LogP contribution in [0.4, 0.5) is 0 Å². The number of carbonyl (C=O) groups is 1. The minimum absolute atomic E-state index is 0.00116. The van der Waals surface area contributed by atoms with Crippen LogP contribution in [0.15, 0.2) is 36.7 Å². The summed E-state index contributed by atoms with van der Waals surface area (Å²) in [6.07, 6.45) is 3.61. The molecule has 6 heteroatoms. The van der Waals surface area contributed by atoms with E-state index in [2.05, 4.69) is 31.1 Å². The summed E-state index contributed by atoms with van der Waals surface area (Å²) in [5, 5.41) is 3.10. The van der Waals surface area contributed by atoms with Crippen molar-refractivity contribution in [2.75, 3.05) is 12.9 Å². The van der Waals surface area contributed by atoms with Crippen LogP contribution in [0.25, 0.3) is 0 Å². The Labute approximate surface area is 147 Å². The van der Waals surface area contributed by atoms with Gasteiger partial charge in [0.15, 0.2) is 0 Å². The molecule has 0 aliphatic carbocycles. The molecule has 1 aromatic heterocycles. The Kier molecular flexibility index (Phi) is 5.94. The number of hydrogen-bond donors (Lipinski definition) is 1. The van der Waals surface area contributed by atoms with Gasteiger partial charge in [-0.2, -0.15) is 0 Å². The number of aryl methyl sites for hydroxylation is 1. The molecule has 0 fully saturated rings. The minimum Gasteiger partial charge on any atom is -0.497 e. The molecule has 24 heavy (non-hydrogen) atoms. The monoisotopic (exact) mass is 347 g/mol. The van der Waals surface area contributed by atoms with Crippen molar-refractivity contribution in [2.24, 2.45) is 7.05 Å². The van der Waals surface area contributed by atoms with E-state index in [1.54, 1.807) is 25.1 Å². The van der Waals surface area contributed by atoms with Crippen LogP contribution in [0.3, 0.4) is 0 Å². The molecule has 1 aromatic carbocycles. The Morgan fingerprint density at radius 3 is 2.50 bits per heavy atom. The fourth-order valence-corrected chi connectivity index (χ4v) is 2.88. The maximum absolute atomic E-state index is 12.4. The van der Waals surface area contributed by atoms with Crippen molar-refractivity contribution in [1.82, 2.24) is 14.9 Å². The molecule has 130 valence electrons. The third-order valence-electron chi connectivity index (χ3n) is 3.51. The SMILES string of the molecule is COc1ccc(C(NC(=O)CSC(C)(C)C)c2nccn2C)cc1. The van der Waals surface area contributed by atoms with E-state index in [1.165, 1.54) is 0 Å². The number of imidazole rings is 1. The molecule has 1 atom stereocenters. The van der Waals surface area contributed by atoms with Crippen molar-refractivity contribution in [3.05, 3.63) is 48.0 Å². The van der Waals surface area contributed by atoms with Gasteiger partial charge in [0, 0.05) is 24.2 Å². The van der Waals surface area contributed by atoms with Gasteiger partial charge in [0.1, 0.15) is 17.6 Å². The Morgan fingerprint density at radius 2 is 2.00 bits per heavy atom. The molecule has 2 aromatic rings. The van der Waals surface area contributed by atoms with Crippen LogP contribution in [0.2, 0.25) is 0 Å². The molecule has 0 aliphatic heterocycles. The van der Waals surface area contributed by atoms with Crippen molar-refractivity contribution in [2.45, 2.75) is 31.6 Å². The topological polar surface area (TPSA) is 56.1 Å². The zero-order chi connectivity index (χ0) is 17.7. The summed E-state index contributed by atoms with van der Waals surface area (Å²) in [5.41, 5.74) is 0.971. The molecule has 5 nitrogen and oxygen atoms in total. The van der Waals surface area contributed by atoms with Crippen molar-refractivity contribution in [3.8, 4) is 5.75 Å². The van der Waals surface area contributed by atoms with Crippen LogP contribution in [-0.4, -0.2) is 33.1 Å². The maximum Gasteiger partial charge on any atom is 0.230 e. The number of nitrogens with zero attached hydrogens (tertiary/aromatic N) is 2. The lowest BCUT2D eigenvalue weighted by Gasteiger charge is -2.21. The summed E-state index contributed by atoms with van der Waals surface area (Å²) >= 11 is 1.63. The van der Waals surface area contributed by atoms with Crippen molar-refractivity contribution >= 4 is 17.7 Å². The highest BCUT2D eigenvalue weighted by atomic mass is 32.2. The van der Waals surface area contributed by atoms with Gasteiger partial charge in [-0.3, -0.25) is 4.79 Å². The maximum atomic E-state index is 12.4. The Hall–Kier alpha value is -1.95. The lowest BCUT2D eigenvalue weighted by Crippen LogP contribution is -2.33. The van der Waals surface area contributed by atoms with E-state index in [9.17, 15) is 4.79 Å². The number of hydrogen-bond acceptors (Lipinski definition) is 4. The first-order valence-electron chi connectivity index (χ1n) is 7.84. The second-order valence-electron chi connectivity index (χ2n) is 6.57. The van der Waals surface area contributed by atoms with Crippen molar-refractivity contribution in [3.63, 3.8) is 0 Å². The Bertz CT molecular complexity index is 674. The lowest BCUT2D eigenvalue weighted by atomic mass is 10.1. The summed E-state index contributed by atoms with van der Waals surface area (Å²) in [7, 11) is 3.56. The van der Waals surface area contributed by atoms with Gasteiger partial charge in [-0.05, 0) is 17.7 Å². The summed E-state index contributed by atoms with van der Waals surface area (Å²) in [5.74, 6) is 2.00. The van der Waals surface area contributed by atoms with Crippen LogP contribution in [-0.2, 0) is 11.8 Å². The number of nitrogens with one attached hydrogen (secondary N) is 1. The predicted octanol–water partition coefficient (Wildman–Crippen LogP) is 3.17. The van der Waals surface area contributed by atoms with Crippen LogP contribution in [0.1, 0.15) is 38.2 Å². The predicted molar refractivity (Wildman–Crippen MR) is 98.4 cm³/mol. The van der Waals surface area contributed by atoms with E-state index in [4.69, 9.17) is 4.74 Å². The van der Waals surface area contributed by atoms with Crippen LogP contribution in [0.5, 0.6) is 5.75 Å². The number of benzene rings is 1. The van der Waals surface area contributed by atoms with Gasteiger partial charge in [-0.1, -0.05) is 32.9 Å². The minimum atomic E-state index is -0.288. The second kappa shape index (κ2) is 7.75. The number of aromatic nitrogens is 2. The van der Waals surface area contributed by atoms with E-state index >= 15 is 0 Å². The van der Waals surface area contributed by atoms with E-state index in [0.717, 1.165) is 17.1 Å². The average molecular weight is 347 g/mol. The molecule has 0 saturated heterocycles. The highest BCUT2D eigenvalue weighted by Gasteiger charge is 2.22. The molecule has 1 N–H and O–H groups in total. The number of thioether (sulfide) groups is 1. The normalized spacial score (nSPS) is 12.7. The molecule has 1 unspecified atom stereocenters. The average Bonchev–Trinajstić information content (AvgIpc) is 2.96. The fourth-order valence-electron chi connectivity index (χ4n) is 2.23. The van der Waals surface area contributed by atoms with Crippen molar-refractivity contribution < 1.29 is 9.53 Å². The van der Waals surface area contributed by atoms with E-state index in [0.29, 0.717) is 5.75 Å². The van der Waals surface area contributed by atoms with Crippen LogP contribution in [0, 0.1) is 0 Å². The summed E-state index contributed by atoms with van der Waals surface area (Å²) in [4.78, 5) is 16.8. The first-order valence-corrected chi connectivity index (χ1v) is 8.83. The number of amides is 1. The number of carbonyl (C=O) groups excluding carboxylic acids is 1. The summed E-state index contributed by atoms with van der Waals surface area (Å²) in [6, 6.07) is 7.40. The smallest absolute Gasteiger partial charge is 0.230 e. The summed E-state index contributed by atoms with van der Waals surface area (Å²) in [6.45, 7) is 6.31. The van der Waals surface area contributed by atoms with Crippen LogP contribution >= 0.6 is 11.8 Å². The summed E-state index contributed by atoms with van der Waals surface area (Å²) < 4.78 is 7.18. The zero-order valence-electron chi connectivity index (χ0n) is 14.9. The molecule has 0 spiro atoms. The number of rotatable bonds is 6. The van der Waals surface area contributed by atoms with Crippen molar-refractivity contribution in [1.29, 1.82) is 0 Å². The highest BCUT2D eigenvalue weighted by molar-refractivity contribution is 8.01. The highest BCUT2D eigenvalue weighted by Crippen LogP contribution is 2.25. The molecule has 0 aliphatic rings. The third-order valence-corrected chi connectivity index (χ3v) is 4.78. The van der Waals surface area contributed by atoms with Gasteiger partial charge >= 0.3 is 0 Å². The fraction of sp³-hybridized carbons (Fsp3) is 0.444. The van der Waals surface area contributed by atoms with E-state index < -0.39 is 0 Å². The first-order chi connectivity index (χ1) is 11.3. The molecular formula is C18H25N3O2S. The Morgan fingerprint density at radius 1 is 1.33 bits per heavy atom. The van der Waals surface area contributed by atoms with Gasteiger partial charge in [-0.25, -0.2) is 4.98 Å². The number of ether oxygens (including phenoxy) is 1. The number of methoxy groups -OCH3 is 1. The van der Waals surface area contributed by atoms with Gasteiger partial charge in [-0.15, -0.1) is 11.8 Å². The molecule has 1 heterocycles. The van der Waals surface area contributed by atoms with Gasteiger partial charge in [0.25, 0.3) is 0 Å². The molecule has 1 amide bonds. The lowest BCUT2D eigenvalue weighted by molar-refractivity contribution is -0.119. The first kappa shape index (κ1) is 18.4. The van der Waals surface area contributed by atoms with E-state index in [-0.39, 0.29) is 16.7 Å². The molecule has 0 bridgehead atoms. The van der Waals surface area contributed by atoms with Gasteiger partial charge < -0.3 is 14.6 Å². The third kappa shape index (κ3) is 5.03. The zero-order valence-corrected chi connectivity index (χ0v) is 15.7. The molecule has 0 radical (unpaired) electrons. The van der Waals surface area contributed by atoms with Crippen LogP contribution < -0.4 is 10.1 Å². The molecule has 0 saturated carbocycles. The van der Waals surface area contributed by atoms with E-state index in [1.807, 2.05) is 42.1 Å². The van der Waals surface area contributed by atoms with Gasteiger partial charge in [0.2, 0.25) is 5.91 Å². The molecular weight excluding hydrogens is 322 g/mol.